The summed E-state index contributed by atoms with van der Waals surface area (Å²) < 4.78 is 13.8. The molecule has 0 aliphatic carbocycles. The fourth-order valence-electron chi connectivity index (χ4n) is 2.54. The molecule has 0 atom stereocenters. The Bertz CT molecular complexity index is 867. The average molecular weight is 336 g/mol. The molecular weight excluding hydrogens is 319 g/mol. The highest BCUT2D eigenvalue weighted by molar-refractivity contribution is 7.82. The van der Waals surface area contributed by atoms with Crippen LogP contribution in [-0.2, 0) is 4.57 Å². The van der Waals surface area contributed by atoms with Crippen molar-refractivity contribution in [3.63, 3.8) is 0 Å². The first-order valence-electron chi connectivity index (χ1n) is 7.52. The van der Waals surface area contributed by atoms with E-state index in [4.69, 9.17) is 0 Å². The molecule has 0 heterocycles. The maximum absolute atomic E-state index is 13.8. The molecule has 0 aliphatic rings. The molecule has 0 radical (unpaired) electrons. The standard InChI is InChI=1S/C20H17O3P/c21-17-10-4-6-12-19(17)24(23,20-13-7-5-11-18(20)22)15-14-16-8-2-1-3-9-16/h1-15,21-22H/b15-14+. The van der Waals surface area contributed by atoms with Crippen molar-refractivity contribution in [2.45, 2.75) is 0 Å². The van der Waals surface area contributed by atoms with Crippen molar-refractivity contribution in [3.8, 4) is 11.5 Å². The Morgan fingerprint density at radius 3 is 1.62 bits per heavy atom. The molecule has 0 bridgehead atoms. The summed E-state index contributed by atoms with van der Waals surface area (Å²) in [5.74, 6) is 1.47. The molecule has 0 amide bonds. The first-order chi connectivity index (χ1) is 11.6. The van der Waals surface area contributed by atoms with Crippen LogP contribution < -0.4 is 10.6 Å². The van der Waals surface area contributed by atoms with Gasteiger partial charge >= 0.3 is 0 Å². The molecule has 0 spiro atoms. The van der Waals surface area contributed by atoms with Gasteiger partial charge in [-0.05, 0) is 35.6 Å². The van der Waals surface area contributed by atoms with Gasteiger partial charge in [0.2, 0.25) is 0 Å². The third-order valence-corrected chi connectivity index (χ3v) is 6.51. The zero-order valence-corrected chi connectivity index (χ0v) is 13.8. The maximum atomic E-state index is 13.8. The van der Waals surface area contributed by atoms with Crippen molar-refractivity contribution in [3.05, 3.63) is 90.2 Å². The third-order valence-electron chi connectivity index (χ3n) is 3.76. The zero-order valence-electron chi connectivity index (χ0n) is 12.9. The van der Waals surface area contributed by atoms with Crippen LogP contribution in [0.2, 0.25) is 0 Å². The molecule has 3 rings (SSSR count). The van der Waals surface area contributed by atoms with Gasteiger partial charge in [-0.2, -0.15) is 0 Å². The van der Waals surface area contributed by atoms with Crippen LogP contribution in [0.4, 0.5) is 0 Å². The molecule has 0 unspecified atom stereocenters. The molecule has 3 aromatic rings. The summed E-state index contributed by atoms with van der Waals surface area (Å²) in [4.78, 5) is 0. The summed E-state index contributed by atoms with van der Waals surface area (Å²) >= 11 is 0. The highest BCUT2D eigenvalue weighted by atomic mass is 31.2. The quantitative estimate of drug-likeness (QED) is 0.706. The molecule has 3 aromatic carbocycles. The van der Waals surface area contributed by atoms with Crippen LogP contribution in [0.15, 0.2) is 84.7 Å². The highest BCUT2D eigenvalue weighted by Crippen LogP contribution is 2.49. The number of benzene rings is 3. The van der Waals surface area contributed by atoms with Gasteiger partial charge in [-0.1, -0.05) is 60.7 Å². The van der Waals surface area contributed by atoms with E-state index in [2.05, 4.69) is 0 Å². The predicted molar refractivity (Wildman–Crippen MR) is 98.6 cm³/mol. The van der Waals surface area contributed by atoms with Gasteiger partial charge in [0.15, 0.2) is 7.14 Å². The third kappa shape index (κ3) is 3.12. The number of hydrogen-bond donors (Lipinski definition) is 2. The zero-order chi connectivity index (χ0) is 17.0. The summed E-state index contributed by atoms with van der Waals surface area (Å²) in [6, 6.07) is 22.5. The van der Waals surface area contributed by atoms with Gasteiger partial charge in [0, 0.05) is 0 Å². The number of rotatable bonds is 4. The molecular formula is C20H17O3P. The fraction of sp³-hybridized carbons (Fsp3) is 0. The molecule has 0 aromatic heterocycles. The van der Waals surface area contributed by atoms with E-state index in [1.165, 1.54) is 12.1 Å². The van der Waals surface area contributed by atoms with Crippen LogP contribution in [-0.4, -0.2) is 10.2 Å². The number of phenolic OH excluding ortho intramolecular Hbond substituents is 2. The SMILES string of the molecule is O=P(/C=C/c1ccccc1)(c1ccccc1O)c1ccccc1O. The van der Waals surface area contributed by atoms with Crippen molar-refractivity contribution in [1.82, 2.24) is 0 Å². The van der Waals surface area contributed by atoms with Gasteiger partial charge in [0.05, 0.1) is 10.6 Å². The molecule has 4 heteroatoms. The summed E-state index contributed by atoms with van der Waals surface area (Å²) in [7, 11) is -3.35. The van der Waals surface area contributed by atoms with Crippen LogP contribution >= 0.6 is 7.14 Å². The van der Waals surface area contributed by atoms with E-state index in [0.29, 0.717) is 10.6 Å². The van der Waals surface area contributed by atoms with Crippen LogP contribution in [0.1, 0.15) is 5.56 Å². The maximum Gasteiger partial charge on any atom is 0.171 e. The fourth-order valence-corrected chi connectivity index (χ4v) is 4.94. The Balaban J connectivity index is 2.19. The molecule has 3 nitrogen and oxygen atoms in total. The van der Waals surface area contributed by atoms with Crippen molar-refractivity contribution in [2.75, 3.05) is 0 Å². The minimum atomic E-state index is -3.35. The van der Waals surface area contributed by atoms with E-state index in [1.807, 2.05) is 30.3 Å². The average Bonchev–Trinajstić information content (AvgIpc) is 2.61. The minimum absolute atomic E-state index is 0.0539. The first kappa shape index (κ1) is 16.1. The van der Waals surface area contributed by atoms with Crippen molar-refractivity contribution >= 4 is 23.8 Å². The second kappa shape index (κ2) is 6.77. The van der Waals surface area contributed by atoms with Crippen LogP contribution in [0.3, 0.4) is 0 Å². The van der Waals surface area contributed by atoms with Crippen LogP contribution in [0.25, 0.3) is 6.08 Å². The van der Waals surface area contributed by atoms with Crippen molar-refractivity contribution in [2.24, 2.45) is 0 Å². The lowest BCUT2D eigenvalue weighted by molar-refractivity contribution is 0.477. The minimum Gasteiger partial charge on any atom is -0.507 e. The Hall–Kier alpha value is -2.77. The molecule has 120 valence electrons. The summed E-state index contributed by atoms with van der Waals surface area (Å²) in [6.45, 7) is 0. The van der Waals surface area contributed by atoms with Crippen LogP contribution in [0.5, 0.6) is 11.5 Å². The number of aromatic hydroxyl groups is 2. The molecule has 0 aliphatic heterocycles. The Morgan fingerprint density at radius 2 is 1.12 bits per heavy atom. The van der Waals surface area contributed by atoms with Crippen molar-refractivity contribution < 1.29 is 14.8 Å². The number of hydrogen-bond acceptors (Lipinski definition) is 3. The van der Waals surface area contributed by atoms with Crippen LogP contribution in [0, 0.1) is 0 Å². The van der Waals surface area contributed by atoms with Gasteiger partial charge < -0.3 is 14.8 Å². The summed E-state index contributed by atoms with van der Waals surface area (Å²) in [5, 5.41) is 21.0. The second-order valence-electron chi connectivity index (χ2n) is 5.36. The van der Waals surface area contributed by atoms with Gasteiger partial charge in [0.1, 0.15) is 11.5 Å². The van der Waals surface area contributed by atoms with Gasteiger partial charge in [-0.25, -0.2) is 0 Å². The second-order valence-corrected chi connectivity index (χ2v) is 7.94. The van der Waals surface area contributed by atoms with E-state index >= 15 is 0 Å². The topological polar surface area (TPSA) is 57.5 Å². The molecule has 0 saturated carbocycles. The molecule has 2 N–H and O–H groups in total. The van der Waals surface area contributed by atoms with E-state index in [0.717, 1.165) is 5.56 Å². The van der Waals surface area contributed by atoms with Crippen molar-refractivity contribution in [1.29, 1.82) is 0 Å². The molecule has 0 saturated heterocycles. The lowest BCUT2D eigenvalue weighted by atomic mass is 10.2. The highest BCUT2D eigenvalue weighted by Gasteiger charge is 2.29. The lowest BCUT2D eigenvalue weighted by Gasteiger charge is -2.17. The Labute approximate surface area is 140 Å². The summed E-state index contributed by atoms with van der Waals surface area (Å²) in [5.41, 5.74) is 0.892. The van der Waals surface area contributed by atoms with Gasteiger partial charge in [-0.15, -0.1) is 0 Å². The molecule has 24 heavy (non-hydrogen) atoms. The van der Waals surface area contributed by atoms with Gasteiger partial charge in [0.25, 0.3) is 0 Å². The molecule has 0 fully saturated rings. The van der Waals surface area contributed by atoms with E-state index in [1.54, 1.807) is 48.3 Å². The monoisotopic (exact) mass is 336 g/mol. The normalized spacial score (nSPS) is 11.7. The Kier molecular flexibility index (Phi) is 4.54. The smallest absolute Gasteiger partial charge is 0.171 e. The van der Waals surface area contributed by atoms with E-state index in [9.17, 15) is 14.8 Å². The lowest BCUT2D eigenvalue weighted by Crippen LogP contribution is -2.15. The van der Waals surface area contributed by atoms with E-state index < -0.39 is 7.14 Å². The van der Waals surface area contributed by atoms with E-state index in [-0.39, 0.29) is 11.5 Å². The predicted octanol–water partition coefficient (Wildman–Crippen LogP) is 4.08. The Morgan fingerprint density at radius 1 is 0.667 bits per heavy atom. The number of para-hydroxylation sites is 2. The first-order valence-corrected chi connectivity index (χ1v) is 9.30. The number of phenols is 2. The largest absolute Gasteiger partial charge is 0.507 e. The van der Waals surface area contributed by atoms with Gasteiger partial charge in [-0.3, -0.25) is 0 Å². The summed E-state index contributed by atoms with van der Waals surface area (Å²) in [6.07, 6.45) is 1.75.